The highest BCUT2D eigenvalue weighted by molar-refractivity contribution is 7.18. The van der Waals surface area contributed by atoms with Crippen LogP contribution in [0.25, 0.3) is 10.2 Å². The molecule has 0 aliphatic carbocycles. The summed E-state index contributed by atoms with van der Waals surface area (Å²) in [7, 11) is 1.95. The molecule has 6 heteroatoms. The second-order valence-corrected chi connectivity index (χ2v) is 8.65. The third kappa shape index (κ3) is 3.12. The SMILES string of the molecule is CC(C)c1ccc2c(c1)C(=O)C(=O)N2CN(C)[C@H](C)c1nc2ccccc2s1. The van der Waals surface area contributed by atoms with E-state index in [4.69, 9.17) is 4.98 Å². The first-order valence-electron chi connectivity index (χ1n) is 9.42. The normalized spacial score (nSPS) is 15.1. The highest BCUT2D eigenvalue weighted by Gasteiger charge is 2.37. The summed E-state index contributed by atoms with van der Waals surface area (Å²) >= 11 is 1.66. The van der Waals surface area contributed by atoms with Crippen molar-refractivity contribution in [1.82, 2.24) is 9.88 Å². The predicted octanol–water partition coefficient (Wildman–Crippen LogP) is 4.60. The van der Waals surface area contributed by atoms with Crippen LogP contribution in [0.3, 0.4) is 0 Å². The van der Waals surface area contributed by atoms with Crippen molar-refractivity contribution in [3.8, 4) is 0 Å². The van der Waals surface area contributed by atoms with E-state index in [-0.39, 0.29) is 6.04 Å². The van der Waals surface area contributed by atoms with Gasteiger partial charge in [-0.3, -0.25) is 19.4 Å². The molecule has 4 rings (SSSR count). The van der Waals surface area contributed by atoms with E-state index >= 15 is 0 Å². The zero-order valence-electron chi connectivity index (χ0n) is 16.5. The molecule has 5 nitrogen and oxygen atoms in total. The molecule has 1 amide bonds. The molecule has 0 saturated heterocycles. The van der Waals surface area contributed by atoms with Gasteiger partial charge in [0.2, 0.25) is 0 Å². The summed E-state index contributed by atoms with van der Waals surface area (Å²) in [5.74, 6) is -0.568. The Bertz CT molecular complexity index is 1040. The summed E-state index contributed by atoms with van der Waals surface area (Å²) in [6, 6.07) is 13.8. The molecule has 28 heavy (non-hydrogen) atoms. The summed E-state index contributed by atoms with van der Waals surface area (Å²) in [6.45, 7) is 6.57. The van der Waals surface area contributed by atoms with Crippen LogP contribution in [0, 0.1) is 0 Å². The Kier molecular flexibility index (Phi) is 4.77. The van der Waals surface area contributed by atoms with Crippen molar-refractivity contribution < 1.29 is 9.59 Å². The largest absolute Gasteiger partial charge is 0.300 e. The number of para-hydroxylation sites is 1. The molecular weight excluding hydrogens is 370 g/mol. The Morgan fingerprint density at radius 2 is 1.86 bits per heavy atom. The molecule has 3 aromatic rings. The van der Waals surface area contributed by atoms with Gasteiger partial charge in [-0.25, -0.2) is 4.98 Å². The van der Waals surface area contributed by atoms with Crippen molar-refractivity contribution in [3.63, 3.8) is 0 Å². The number of anilines is 1. The summed E-state index contributed by atoms with van der Waals surface area (Å²) < 4.78 is 1.15. The van der Waals surface area contributed by atoms with Gasteiger partial charge in [0.1, 0.15) is 5.01 Å². The van der Waals surface area contributed by atoms with Gasteiger partial charge in [0.05, 0.1) is 34.2 Å². The minimum absolute atomic E-state index is 0.0271. The third-order valence-corrected chi connectivity index (χ3v) is 6.56. The highest BCUT2D eigenvalue weighted by Crippen LogP contribution is 2.34. The molecule has 0 bridgehead atoms. The molecule has 0 radical (unpaired) electrons. The van der Waals surface area contributed by atoms with Gasteiger partial charge < -0.3 is 0 Å². The Hall–Kier alpha value is -2.57. The van der Waals surface area contributed by atoms with Crippen LogP contribution in [0.4, 0.5) is 5.69 Å². The minimum atomic E-state index is -0.459. The van der Waals surface area contributed by atoms with Crippen molar-refractivity contribution in [2.24, 2.45) is 0 Å². The second-order valence-electron chi connectivity index (χ2n) is 7.59. The molecule has 2 aromatic carbocycles. The fourth-order valence-corrected chi connectivity index (χ4v) is 4.51. The average Bonchev–Trinajstić information content (AvgIpc) is 3.22. The van der Waals surface area contributed by atoms with Crippen LogP contribution in [0.15, 0.2) is 42.5 Å². The lowest BCUT2D eigenvalue weighted by Crippen LogP contribution is -2.40. The summed E-state index contributed by atoms with van der Waals surface area (Å²) in [5.41, 5.74) is 3.26. The van der Waals surface area contributed by atoms with Crippen molar-refractivity contribution in [1.29, 1.82) is 0 Å². The summed E-state index contributed by atoms with van der Waals surface area (Å²) in [4.78, 5) is 33.5. The van der Waals surface area contributed by atoms with Gasteiger partial charge in [-0.05, 0) is 49.7 Å². The molecule has 0 spiro atoms. The van der Waals surface area contributed by atoms with Gasteiger partial charge in [-0.2, -0.15) is 0 Å². The van der Waals surface area contributed by atoms with E-state index in [0.717, 1.165) is 20.8 Å². The lowest BCUT2D eigenvalue weighted by atomic mass is 9.99. The lowest BCUT2D eigenvalue weighted by Gasteiger charge is -2.28. The number of fused-ring (bicyclic) bond motifs is 2. The standard InChI is InChI=1S/C22H23N3O2S/c1-13(2)15-9-10-18-16(11-15)20(26)22(27)25(18)12-24(4)14(3)21-23-17-7-5-6-8-19(17)28-21/h5-11,13-14H,12H2,1-4H3/t14-/m1/s1. The maximum atomic E-state index is 12.6. The Morgan fingerprint density at radius 3 is 2.57 bits per heavy atom. The molecule has 2 heterocycles. The second kappa shape index (κ2) is 7.11. The van der Waals surface area contributed by atoms with E-state index in [1.807, 2.05) is 48.3 Å². The number of rotatable bonds is 5. The van der Waals surface area contributed by atoms with Gasteiger partial charge >= 0.3 is 5.91 Å². The lowest BCUT2D eigenvalue weighted by molar-refractivity contribution is -0.114. The third-order valence-electron chi connectivity index (χ3n) is 5.36. The molecule has 0 fully saturated rings. The van der Waals surface area contributed by atoms with E-state index in [0.29, 0.717) is 23.8 Å². The van der Waals surface area contributed by atoms with Crippen LogP contribution in [-0.2, 0) is 4.79 Å². The monoisotopic (exact) mass is 393 g/mol. The number of hydrogen-bond donors (Lipinski definition) is 0. The fourth-order valence-electron chi connectivity index (χ4n) is 3.42. The van der Waals surface area contributed by atoms with E-state index in [2.05, 4.69) is 26.8 Å². The summed E-state index contributed by atoms with van der Waals surface area (Å²) in [6.07, 6.45) is 0. The van der Waals surface area contributed by atoms with Gasteiger partial charge in [0.15, 0.2) is 0 Å². The Balaban J connectivity index is 1.58. The molecule has 0 N–H and O–H groups in total. The molecule has 144 valence electrons. The predicted molar refractivity (Wildman–Crippen MR) is 113 cm³/mol. The molecule has 1 aromatic heterocycles. The molecular formula is C22H23N3O2S. The highest BCUT2D eigenvalue weighted by atomic mass is 32.1. The zero-order valence-corrected chi connectivity index (χ0v) is 17.3. The van der Waals surface area contributed by atoms with Crippen molar-refractivity contribution >= 4 is 38.9 Å². The first kappa shape index (κ1) is 18.8. The van der Waals surface area contributed by atoms with Gasteiger partial charge in [0.25, 0.3) is 5.78 Å². The van der Waals surface area contributed by atoms with E-state index in [1.54, 1.807) is 16.2 Å². The molecule has 0 unspecified atom stereocenters. The first-order valence-corrected chi connectivity index (χ1v) is 10.2. The Labute approximate surface area is 168 Å². The van der Waals surface area contributed by atoms with Crippen LogP contribution < -0.4 is 4.90 Å². The van der Waals surface area contributed by atoms with Gasteiger partial charge in [-0.15, -0.1) is 11.3 Å². The molecule has 1 atom stereocenters. The van der Waals surface area contributed by atoms with Crippen molar-refractivity contribution in [2.75, 3.05) is 18.6 Å². The van der Waals surface area contributed by atoms with Crippen LogP contribution in [-0.4, -0.2) is 35.3 Å². The molecule has 1 aliphatic heterocycles. The van der Waals surface area contributed by atoms with Crippen molar-refractivity contribution in [3.05, 3.63) is 58.6 Å². The number of nitrogens with zero attached hydrogens (tertiary/aromatic N) is 3. The number of ketones is 1. The van der Waals surface area contributed by atoms with Crippen LogP contribution in [0.5, 0.6) is 0 Å². The zero-order chi connectivity index (χ0) is 20.0. The summed E-state index contributed by atoms with van der Waals surface area (Å²) in [5, 5.41) is 0.997. The quantitative estimate of drug-likeness (QED) is 0.595. The molecule has 0 saturated carbocycles. The average molecular weight is 394 g/mol. The maximum absolute atomic E-state index is 12.6. The molecule has 1 aliphatic rings. The smallest absolute Gasteiger partial charge is 0.291 e. The number of hydrogen-bond acceptors (Lipinski definition) is 5. The van der Waals surface area contributed by atoms with E-state index in [9.17, 15) is 9.59 Å². The minimum Gasteiger partial charge on any atom is -0.291 e. The number of benzene rings is 2. The maximum Gasteiger partial charge on any atom is 0.300 e. The number of Topliss-reactive ketones (excluding diaryl/α,β-unsaturated/α-hetero) is 1. The topological polar surface area (TPSA) is 53.5 Å². The number of carbonyl (C=O) groups is 2. The van der Waals surface area contributed by atoms with Gasteiger partial charge in [0, 0.05) is 0 Å². The van der Waals surface area contributed by atoms with E-state index < -0.39 is 11.7 Å². The Morgan fingerprint density at radius 1 is 1.11 bits per heavy atom. The van der Waals surface area contributed by atoms with Crippen LogP contribution in [0.2, 0.25) is 0 Å². The number of amides is 1. The van der Waals surface area contributed by atoms with Gasteiger partial charge in [-0.1, -0.05) is 32.0 Å². The fraction of sp³-hybridized carbons (Fsp3) is 0.318. The van der Waals surface area contributed by atoms with Crippen molar-refractivity contribution in [2.45, 2.75) is 32.7 Å². The first-order chi connectivity index (χ1) is 13.4. The van der Waals surface area contributed by atoms with Crippen LogP contribution in [0.1, 0.15) is 53.7 Å². The van der Waals surface area contributed by atoms with E-state index in [1.165, 1.54) is 0 Å². The van der Waals surface area contributed by atoms with Crippen LogP contribution >= 0.6 is 11.3 Å². The number of aromatic nitrogens is 1. The number of thiazole rings is 1. The number of carbonyl (C=O) groups excluding carboxylic acids is 2.